The largest absolute Gasteiger partial charge is 0.506 e. The van der Waals surface area contributed by atoms with Crippen LogP contribution in [0.2, 0.25) is 0 Å². The number of nitrogen functional groups attached to an aromatic ring is 1. The fraction of sp³-hybridized carbons (Fsp3) is 0.222. The minimum absolute atomic E-state index is 0. The van der Waals surface area contributed by atoms with Gasteiger partial charge in [0.1, 0.15) is 11.8 Å². The van der Waals surface area contributed by atoms with Gasteiger partial charge in [0.15, 0.2) is 0 Å². The fourth-order valence-corrected chi connectivity index (χ4v) is 1.07. The lowest BCUT2D eigenvalue weighted by Crippen LogP contribution is -2.32. The first-order valence-corrected chi connectivity index (χ1v) is 4.06. The summed E-state index contributed by atoms with van der Waals surface area (Å²) in [4.78, 5) is 10.4. The molecule has 0 amide bonds. The highest BCUT2D eigenvalue weighted by Crippen LogP contribution is 2.20. The molecule has 0 fully saturated rings. The number of anilines is 1. The summed E-state index contributed by atoms with van der Waals surface area (Å²) in [6, 6.07) is 3.57. The number of hydrogen-bond donors (Lipinski definition) is 4. The van der Waals surface area contributed by atoms with Crippen molar-refractivity contribution in [3.8, 4) is 5.75 Å². The predicted molar refractivity (Wildman–Crippen MR) is 66.3 cm³/mol. The summed E-state index contributed by atoms with van der Waals surface area (Å²) in [6.45, 7) is 0. The van der Waals surface area contributed by atoms with Gasteiger partial charge in [-0.1, -0.05) is 6.07 Å². The van der Waals surface area contributed by atoms with Crippen molar-refractivity contribution < 1.29 is 15.0 Å². The van der Waals surface area contributed by atoms with E-state index >= 15 is 0 Å². The minimum atomic E-state index is -1.06. The smallest absolute Gasteiger partial charge is 0.320 e. The highest BCUT2D eigenvalue weighted by atomic mass is 35.5. The molecule has 0 aliphatic heterocycles. The Morgan fingerprint density at radius 3 is 2.38 bits per heavy atom. The van der Waals surface area contributed by atoms with Crippen LogP contribution in [0, 0.1) is 0 Å². The van der Waals surface area contributed by atoms with Crippen LogP contribution in [0.1, 0.15) is 5.56 Å². The van der Waals surface area contributed by atoms with Crippen molar-refractivity contribution in [1.82, 2.24) is 0 Å². The van der Waals surface area contributed by atoms with Gasteiger partial charge in [-0.15, -0.1) is 24.8 Å². The zero-order valence-corrected chi connectivity index (χ0v) is 9.92. The summed E-state index contributed by atoms with van der Waals surface area (Å²) in [5, 5.41) is 17.7. The zero-order valence-electron chi connectivity index (χ0n) is 8.29. The Kier molecular flexibility index (Phi) is 7.71. The minimum Gasteiger partial charge on any atom is -0.506 e. The molecule has 0 unspecified atom stereocenters. The van der Waals surface area contributed by atoms with Crippen molar-refractivity contribution in [1.29, 1.82) is 0 Å². The first kappa shape index (κ1) is 17.2. The Morgan fingerprint density at radius 2 is 1.94 bits per heavy atom. The Bertz CT molecular complexity index is 361. The molecule has 0 saturated heterocycles. The number of carboxylic acids is 1. The van der Waals surface area contributed by atoms with Crippen LogP contribution < -0.4 is 11.5 Å². The van der Waals surface area contributed by atoms with Crippen LogP contribution in [0.25, 0.3) is 0 Å². The van der Waals surface area contributed by atoms with E-state index in [2.05, 4.69) is 0 Å². The van der Waals surface area contributed by atoms with Crippen molar-refractivity contribution in [2.45, 2.75) is 12.5 Å². The van der Waals surface area contributed by atoms with Gasteiger partial charge in [-0.25, -0.2) is 0 Å². The van der Waals surface area contributed by atoms with E-state index in [1.54, 1.807) is 6.07 Å². The number of carbonyl (C=O) groups is 1. The van der Waals surface area contributed by atoms with Gasteiger partial charge in [-0.3, -0.25) is 4.79 Å². The molecular weight excluding hydrogens is 255 g/mol. The van der Waals surface area contributed by atoms with Crippen LogP contribution in [-0.4, -0.2) is 22.2 Å². The number of rotatable bonds is 3. The fourth-order valence-electron chi connectivity index (χ4n) is 1.07. The maximum Gasteiger partial charge on any atom is 0.320 e. The van der Waals surface area contributed by atoms with Gasteiger partial charge in [0.05, 0.1) is 5.69 Å². The molecule has 16 heavy (non-hydrogen) atoms. The molecule has 5 nitrogen and oxygen atoms in total. The molecule has 92 valence electrons. The average Bonchev–Trinajstić information content (AvgIpc) is 2.11. The number of aromatic hydroxyl groups is 1. The maximum atomic E-state index is 10.4. The van der Waals surface area contributed by atoms with Gasteiger partial charge in [0.25, 0.3) is 0 Å². The third-order valence-electron chi connectivity index (χ3n) is 1.86. The van der Waals surface area contributed by atoms with Gasteiger partial charge < -0.3 is 21.7 Å². The van der Waals surface area contributed by atoms with E-state index in [1.165, 1.54) is 12.1 Å². The number of halogens is 2. The third kappa shape index (κ3) is 4.57. The Morgan fingerprint density at radius 1 is 1.38 bits per heavy atom. The van der Waals surface area contributed by atoms with Crippen molar-refractivity contribution in [2.75, 3.05) is 5.73 Å². The molecule has 0 heterocycles. The topological polar surface area (TPSA) is 110 Å². The standard InChI is InChI=1S/C9H12N2O3.2ClH/c10-6-3-5(1-2-8(6)12)4-7(11)9(13)14;;/h1-3,7,12H,4,10-11H2,(H,13,14);2*1H/t7-;;/m1../s1. The molecule has 0 radical (unpaired) electrons. The molecule has 7 heteroatoms. The molecule has 0 bridgehead atoms. The van der Waals surface area contributed by atoms with Gasteiger partial charge in [0, 0.05) is 0 Å². The molecule has 1 aromatic rings. The number of carboxylic acid groups (broad SMARTS) is 1. The Hall–Kier alpha value is -1.17. The molecule has 0 saturated carbocycles. The SMILES string of the molecule is Cl.Cl.Nc1cc(C[C@@H](N)C(=O)O)ccc1O. The van der Waals surface area contributed by atoms with Crippen molar-refractivity contribution in [3.05, 3.63) is 23.8 Å². The van der Waals surface area contributed by atoms with E-state index in [-0.39, 0.29) is 42.7 Å². The second-order valence-corrected chi connectivity index (χ2v) is 3.04. The van der Waals surface area contributed by atoms with E-state index in [0.29, 0.717) is 5.56 Å². The first-order valence-electron chi connectivity index (χ1n) is 4.06. The van der Waals surface area contributed by atoms with Gasteiger partial charge in [-0.05, 0) is 24.1 Å². The third-order valence-corrected chi connectivity index (χ3v) is 1.86. The summed E-state index contributed by atoms with van der Waals surface area (Å²) in [5.41, 5.74) is 11.7. The van der Waals surface area contributed by atoms with Crippen molar-refractivity contribution in [2.24, 2.45) is 5.73 Å². The lowest BCUT2D eigenvalue weighted by atomic mass is 10.1. The number of hydrogen-bond acceptors (Lipinski definition) is 4. The second-order valence-electron chi connectivity index (χ2n) is 3.04. The van der Waals surface area contributed by atoms with E-state index in [4.69, 9.17) is 21.7 Å². The average molecular weight is 269 g/mol. The molecule has 1 aromatic carbocycles. The molecule has 0 aliphatic carbocycles. The monoisotopic (exact) mass is 268 g/mol. The number of phenolic OH excluding ortho intramolecular Hbond substituents is 1. The van der Waals surface area contributed by atoms with Gasteiger partial charge >= 0.3 is 5.97 Å². The zero-order chi connectivity index (χ0) is 10.7. The predicted octanol–water partition coefficient (Wildman–Crippen LogP) is 0.772. The van der Waals surface area contributed by atoms with Crippen LogP contribution >= 0.6 is 24.8 Å². The van der Waals surface area contributed by atoms with E-state index in [0.717, 1.165) is 0 Å². The molecule has 6 N–H and O–H groups in total. The Labute approximate surface area is 105 Å². The van der Waals surface area contributed by atoms with Crippen LogP contribution in [0.15, 0.2) is 18.2 Å². The Balaban J connectivity index is 0. The lowest BCUT2D eigenvalue weighted by molar-refractivity contribution is -0.138. The number of nitrogens with two attached hydrogens (primary N) is 2. The highest BCUT2D eigenvalue weighted by molar-refractivity contribution is 5.85. The molecule has 0 aliphatic rings. The summed E-state index contributed by atoms with van der Waals surface area (Å²) >= 11 is 0. The summed E-state index contributed by atoms with van der Waals surface area (Å²) in [6.07, 6.45) is 0.194. The van der Waals surface area contributed by atoms with E-state index < -0.39 is 12.0 Å². The molecule has 0 spiro atoms. The number of aliphatic carboxylic acids is 1. The molecule has 1 atom stereocenters. The lowest BCUT2D eigenvalue weighted by Gasteiger charge is -2.07. The van der Waals surface area contributed by atoms with Crippen molar-refractivity contribution >= 4 is 36.5 Å². The molecular formula is C9H14Cl2N2O3. The number of phenols is 1. The van der Waals surface area contributed by atoms with E-state index in [9.17, 15) is 4.79 Å². The number of benzene rings is 1. The van der Waals surface area contributed by atoms with Crippen LogP contribution in [0.4, 0.5) is 5.69 Å². The van der Waals surface area contributed by atoms with E-state index in [1.807, 2.05) is 0 Å². The normalized spacial score (nSPS) is 10.8. The molecule has 0 aromatic heterocycles. The van der Waals surface area contributed by atoms with Crippen molar-refractivity contribution in [3.63, 3.8) is 0 Å². The van der Waals surface area contributed by atoms with Crippen LogP contribution in [-0.2, 0) is 11.2 Å². The second kappa shape index (κ2) is 7.16. The van der Waals surface area contributed by atoms with Crippen LogP contribution in [0.3, 0.4) is 0 Å². The maximum absolute atomic E-state index is 10.4. The van der Waals surface area contributed by atoms with Gasteiger partial charge in [-0.2, -0.15) is 0 Å². The summed E-state index contributed by atoms with van der Waals surface area (Å²) in [5.74, 6) is -1.07. The summed E-state index contributed by atoms with van der Waals surface area (Å²) in [7, 11) is 0. The van der Waals surface area contributed by atoms with Crippen LogP contribution in [0.5, 0.6) is 5.75 Å². The quantitative estimate of drug-likeness (QED) is 0.478. The molecule has 1 rings (SSSR count). The van der Waals surface area contributed by atoms with Gasteiger partial charge in [0.2, 0.25) is 0 Å². The highest BCUT2D eigenvalue weighted by Gasteiger charge is 2.12. The first-order chi connectivity index (χ1) is 6.50. The summed E-state index contributed by atoms with van der Waals surface area (Å²) < 4.78 is 0.